The molecule has 116 valence electrons. The molecule has 1 saturated heterocycles. The van der Waals surface area contributed by atoms with Crippen LogP contribution in [0.5, 0.6) is 5.75 Å². The Hall–Kier alpha value is -1.26. The van der Waals surface area contributed by atoms with E-state index in [2.05, 4.69) is 19.2 Å². The average Bonchev–Trinajstić information content (AvgIpc) is 2.98. The molecule has 2 rings (SSSR count). The first-order valence-corrected chi connectivity index (χ1v) is 7.86. The predicted octanol–water partition coefficient (Wildman–Crippen LogP) is 2.84. The molecule has 1 N–H and O–H groups in total. The number of carbonyl (C=O) groups excluding carboxylic acids is 1. The maximum Gasteiger partial charge on any atom is 0.260 e. The fourth-order valence-electron chi connectivity index (χ4n) is 2.34. The van der Waals surface area contributed by atoms with Gasteiger partial charge >= 0.3 is 0 Å². The number of hydrogen-bond donors (Lipinski definition) is 1. The van der Waals surface area contributed by atoms with Crippen molar-refractivity contribution in [1.82, 2.24) is 10.2 Å². The fraction of sp³-hybridized carbons (Fsp3) is 0.562. The van der Waals surface area contributed by atoms with Gasteiger partial charge in [-0.3, -0.25) is 4.79 Å². The second-order valence-corrected chi connectivity index (χ2v) is 6.10. The second-order valence-electron chi connectivity index (χ2n) is 5.66. The van der Waals surface area contributed by atoms with Crippen LogP contribution in [0.2, 0.25) is 5.02 Å². The number of ether oxygens (including phenoxy) is 1. The Kier molecular flexibility index (Phi) is 5.88. The third-order valence-electron chi connectivity index (χ3n) is 3.53. The topological polar surface area (TPSA) is 41.6 Å². The highest BCUT2D eigenvalue weighted by Crippen LogP contribution is 2.23. The fourth-order valence-corrected chi connectivity index (χ4v) is 2.53. The van der Waals surface area contributed by atoms with Gasteiger partial charge in [0.2, 0.25) is 0 Å². The van der Waals surface area contributed by atoms with Gasteiger partial charge in [-0.05, 0) is 31.0 Å². The molecule has 1 aromatic rings. The van der Waals surface area contributed by atoms with Crippen molar-refractivity contribution in [2.24, 2.45) is 0 Å². The number of nitrogens with one attached hydrogen (secondary N) is 1. The molecule has 0 spiro atoms. The van der Waals surface area contributed by atoms with Gasteiger partial charge in [0.15, 0.2) is 6.61 Å². The van der Waals surface area contributed by atoms with Crippen LogP contribution >= 0.6 is 11.6 Å². The first-order chi connectivity index (χ1) is 10.1. The van der Waals surface area contributed by atoms with E-state index in [1.165, 1.54) is 0 Å². The summed E-state index contributed by atoms with van der Waals surface area (Å²) in [6, 6.07) is 5.88. The maximum absolute atomic E-state index is 12.0. The van der Waals surface area contributed by atoms with Gasteiger partial charge in [0.05, 0.1) is 0 Å². The monoisotopic (exact) mass is 310 g/mol. The molecule has 4 nitrogen and oxygen atoms in total. The minimum atomic E-state index is 0.0604. The van der Waals surface area contributed by atoms with Gasteiger partial charge < -0.3 is 15.0 Å². The molecule has 0 unspecified atom stereocenters. The lowest BCUT2D eigenvalue weighted by Crippen LogP contribution is -2.32. The molecule has 1 amide bonds. The zero-order valence-corrected chi connectivity index (χ0v) is 13.4. The predicted molar refractivity (Wildman–Crippen MR) is 84.7 cm³/mol. The van der Waals surface area contributed by atoms with Gasteiger partial charge in [-0.1, -0.05) is 25.4 Å². The summed E-state index contributed by atoms with van der Waals surface area (Å²) in [7, 11) is 0. The summed E-state index contributed by atoms with van der Waals surface area (Å²) in [5.74, 6) is 0.783. The molecule has 1 aliphatic rings. The third-order valence-corrected chi connectivity index (χ3v) is 3.77. The summed E-state index contributed by atoms with van der Waals surface area (Å²) in [5, 5.41) is 4.01. The van der Waals surface area contributed by atoms with Gasteiger partial charge in [-0.15, -0.1) is 0 Å². The van der Waals surface area contributed by atoms with E-state index < -0.39 is 0 Å². The van der Waals surface area contributed by atoms with Crippen molar-refractivity contribution < 1.29 is 9.53 Å². The molecule has 0 atom stereocenters. The van der Waals surface area contributed by atoms with E-state index in [9.17, 15) is 4.79 Å². The molecule has 0 aliphatic carbocycles. The quantitative estimate of drug-likeness (QED) is 0.878. The number of halogens is 1. The number of likely N-dealkylation sites (tertiary alicyclic amines) is 1. The molecule has 21 heavy (non-hydrogen) atoms. The summed E-state index contributed by atoms with van der Waals surface area (Å²) in [5.41, 5.74) is 0.977. The summed E-state index contributed by atoms with van der Waals surface area (Å²) in [4.78, 5) is 13.9. The van der Waals surface area contributed by atoms with Crippen LogP contribution in [0.15, 0.2) is 18.2 Å². The number of rotatable bonds is 6. The lowest BCUT2D eigenvalue weighted by Gasteiger charge is -2.17. The number of hydrogen-bond acceptors (Lipinski definition) is 3. The second kappa shape index (κ2) is 7.66. The molecule has 0 bridgehead atoms. The van der Waals surface area contributed by atoms with Crippen molar-refractivity contribution in [2.45, 2.75) is 39.3 Å². The molecule has 0 radical (unpaired) electrons. The van der Waals surface area contributed by atoms with Crippen LogP contribution in [0.25, 0.3) is 0 Å². The first-order valence-electron chi connectivity index (χ1n) is 7.48. The van der Waals surface area contributed by atoms with Gasteiger partial charge in [-0.2, -0.15) is 0 Å². The van der Waals surface area contributed by atoms with Crippen LogP contribution in [0.4, 0.5) is 0 Å². The van der Waals surface area contributed by atoms with Gasteiger partial charge in [-0.25, -0.2) is 0 Å². The van der Waals surface area contributed by atoms with Crippen molar-refractivity contribution in [1.29, 1.82) is 0 Å². The standard InChI is InChI=1S/C16H23ClN2O2/c1-12(2)18-10-13-9-14(17)5-6-15(13)21-11-16(20)19-7-3-4-8-19/h5-6,9,12,18H,3-4,7-8,10-11H2,1-2H3. The van der Waals surface area contributed by atoms with E-state index in [1.54, 1.807) is 6.07 Å². The van der Waals surface area contributed by atoms with Crippen LogP contribution < -0.4 is 10.1 Å². The lowest BCUT2D eigenvalue weighted by molar-refractivity contribution is -0.132. The van der Waals surface area contributed by atoms with Gasteiger partial charge in [0.1, 0.15) is 5.75 Å². The Bertz CT molecular complexity index is 485. The van der Waals surface area contributed by atoms with E-state index in [-0.39, 0.29) is 12.5 Å². The number of benzene rings is 1. The summed E-state index contributed by atoms with van der Waals surface area (Å²) in [6.45, 7) is 6.64. The number of amides is 1. The lowest BCUT2D eigenvalue weighted by atomic mass is 10.2. The molecule has 1 heterocycles. The minimum absolute atomic E-state index is 0.0604. The van der Waals surface area contributed by atoms with E-state index in [1.807, 2.05) is 17.0 Å². The molecule has 1 fully saturated rings. The molecule has 0 aromatic heterocycles. The number of nitrogens with zero attached hydrogens (tertiary/aromatic N) is 1. The van der Waals surface area contributed by atoms with Crippen molar-refractivity contribution >= 4 is 17.5 Å². The zero-order valence-electron chi connectivity index (χ0n) is 12.7. The first kappa shape index (κ1) is 16.1. The summed E-state index contributed by atoms with van der Waals surface area (Å²) < 4.78 is 5.71. The molecule has 1 aliphatic heterocycles. The van der Waals surface area contributed by atoms with Crippen LogP contribution in [-0.2, 0) is 11.3 Å². The van der Waals surface area contributed by atoms with Crippen LogP contribution in [0, 0.1) is 0 Å². The highest BCUT2D eigenvalue weighted by molar-refractivity contribution is 6.30. The minimum Gasteiger partial charge on any atom is -0.483 e. The number of carbonyl (C=O) groups is 1. The van der Waals surface area contributed by atoms with E-state index >= 15 is 0 Å². The van der Waals surface area contributed by atoms with Crippen LogP contribution in [0.1, 0.15) is 32.3 Å². The van der Waals surface area contributed by atoms with E-state index in [0.717, 1.165) is 37.2 Å². The Balaban J connectivity index is 1.96. The van der Waals surface area contributed by atoms with Gasteiger partial charge in [0.25, 0.3) is 5.91 Å². The molecule has 5 heteroatoms. The van der Waals surface area contributed by atoms with Gasteiger partial charge in [0, 0.05) is 36.3 Å². The molecular weight excluding hydrogens is 288 g/mol. The molecule has 1 aromatic carbocycles. The molecular formula is C16H23ClN2O2. The average molecular weight is 311 g/mol. The third kappa shape index (κ3) is 4.90. The van der Waals surface area contributed by atoms with E-state index in [0.29, 0.717) is 17.6 Å². The SMILES string of the molecule is CC(C)NCc1cc(Cl)ccc1OCC(=O)N1CCCC1. The smallest absolute Gasteiger partial charge is 0.260 e. The summed E-state index contributed by atoms with van der Waals surface area (Å²) in [6.07, 6.45) is 2.19. The Morgan fingerprint density at radius 1 is 1.38 bits per heavy atom. The van der Waals surface area contributed by atoms with Crippen molar-refractivity contribution in [3.8, 4) is 5.75 Å². The van der Waals surface area contributed by atoms with E-state index in [4.69, 9.17) is 16.3 Å². The highest BCUT2D eigenvalue weighted by Gasteiger charge is 2.18. The molecule has 0 saturated carbocycles. The highest BCUT2D eigenvalue weighted by atomic mass is 35.5. The Morgan fingerprint density at radius 2 is 2.10 bits per heavy atom. The van der Waals surface area contributed by atoms with Crippen LogP contribution in [-0.4, -0.2) is 36.5 Å². The Labute approximate surface area is 131 Å². The van der Waals surface area contributed by atoms with Crippen molar-refractivity contribution in [3.05, 3.63) is 28.8 Å². The van der Waals surface area contributed by atoms with Crippen molar-refractivity contribution in [3.63, 3.8) is 0 Å². The summed E-state index contributed by atoms with van der Waals surface area (Å²) >= 11 is 6.04. The maximum atomic E-state index is 12.0. The van der Waals surface area contributed by atoms with Crippen LogP contribution in [0.3, 0.4) is 0 Å². The zero-order chi connectivity index (χ0) is 15.2. The normalized spacial score (nSPS) is 14.8. The largest absolute Gasteiger partial charge is 0.483 e. The Morgan fingerprint density at radius 3 is 2.76 bits per heavy atom. The van der Waals surface area contributed by atoms with Crippen molar-refractivity contribution in [2.75, 3.05) is 19.7 Å².